The first-order valence-electron chi connectivity index (χ1n) is 8.32. The van der Waals surface area contributed by atoms with Crippen LogP contribution in [-0.2, 0) is 0 Å². The second-order valence-electron chi connectivity index (χ2n) is 6.17. The monoisotopic (exact) mass is 368 g/mol. The third-order valence-electron chi connectivity index (χ3n) is 4.30. The van der Waals surface area contributed by atoms with Gasteiger partial charge in [-0.2, -0.15) is 0 Å². The molecule has 1 aliphatic carbocycles. The molecule has 1 aromatic heterocycles. The fourth-order valence-electron chi connectivity index (χ4n) is 2.81. The van der Waals surface area contributed by atoms with E-state index >= 15 is 0 Å². The summed E-state index contributed by atoms with van der Waals surface area (Å²) in [5.74, 6) is 0.801. The Labute approximate surface area is 155 Å². The number of aromatic nitrogens is 3. The van der Waals surface area contributed by atoms with Gasteiger partial charge in [0.2, 0.25) is 0 Å². The van der Waals surface area contributed by atoms with Crippen LogP contribution in [0.3, 0.4) is 0 Å². The summed E-state index contributed by atoms with van der Waals surface area (Å²) in [6, 6.07) is 14.5. The van der Waals surface area contributed by atoms with Gasteiger partial charge >= 0.3 is 0 Å². The topological polar surface area (TPSA) is 69.0 Å². The smallest absolute Gasteiger partial charge is 0.278 e. The number of benzene rings is 2. The Kier molecular flexibility index (Phi) is 4.34. The molecule has 1 saturated carbocycles. The lowest BCUT2D eigenvalue weighted by atomic mass is 10.2. The van der Waals surface area contributed by atoms with Gasteiger partial charge in [0.15, 0.2) is 5.69 Å². The van der Waals surface area contributed by atoms with E-state index in [1.165, 1.54) is 0 Å². The summed E-state index contributed by atoms with van der Waals surface area (Å²) in [7, 11) is 1.62. The second-order valence-corrected chi connectivity index (χ2v) is 6.60. The summed E-state index contributed by atoms with van der Waals surface area (Å²) in [5.41, 5.74) is 2.73. The molecule has 0 saturated heterocycles. The van der Waals surface area contributed by atoms with Crippen LogP contribution >= 0.6 is 11.6 Å². The third kappa shape index (κ3) is 3.28. The van der Waals surface area contributed by atoms with E-state index in [1.807, 2.05) is 24.3 Å². The number of hydrogen-bond acceptors (Lipinski definition) is 4. The summed E-state index contributed by atoms with van der Waals surface area (Å²) >= 11 is 5.89. The molecule has 1 amide bonds. The van der Waals surface area contributed by atoms with Gasteiger partial charge in [-0.1, -0.05) is 16.8 Å². The maximum Gasteiger partial charge on any atom is 0.278 e. The highest BCUT2D eigenvalue weighted by Gasteiger charge is 2.34. The Bertz CT molecular complexity index is 931. The molecule has 0 spiro atoms. The van der Waals surface area contributed by atoms with E-state index in [1.54, 1.807) is 36.1 Å². The summed E-state index contributed by atoms with van der Waals surface area (Å²) in [5, 5.41) is 11.9. The van der Waals surface area contributed by atoms with Gasteiger partial charge in [-0.3, -0.25) is 4.79 Å². The molecule has 26 heavy (non-hydrogen) atoms. The first-order chi connectivity index (χ1) is 12.7. The molecule has 1 aliphatic rings. The molecule has 4 rings (SSSR count). The first kappa shape index (κ1) is 16.6. The van der Waals surface area contributed by atoms with E-state index in [0.717, 1.165) is 30.0 Å². The van der Waals surface area contributed by atoms with E-state index in [4.69, 9.17) is 16.3 Å². The molecule has 0 atom stereocenters. The van der Waals surface area contributed by atoms with Crippen molar-refractivity contribution in [2.24, 2.45) is 0 Å². The molecule has 3 aromatic rings. The van der Waals surface area contributed by atoms with Crippen LogP contribution in [-0.4, -0.2) is 28.0 Å². The number of ether oxygens (including phenoxy) is 1. The minimum atomic E-state index is -0.269. The average molecular weight is 369 g/mol. The van der Waals surface area contributed by atoms with Crippen molar-refractivity contribution in [2.45, 2.75) is 18.8 Å². The SMILES string of the molecule is COc1ccc(-n2nnc(C(=O)Nc3ccc(Cl)cc3)c2C2CC2)cc1. The van der Waals surface area contributed by atoms with E-state index in [2.05, 4.69) is 15.6 Å². The predicted octanol–water partition coefficient (Wildman–Crippen LogP) is 4.06. The standard InChI is InChI=1S/C19H17ClN4O2/c1-26-16-10-8-15(9-11-16)24-18(12-2-3-12)17(22-23-24)19(25)21-14-6-4-13(20)5-7-14/h4-12H,2-3H2,1H3,(H,21,25). The highest BCUT2D eigenvalue weighted by Crippen LogP contribution is 2.42. The van der Waals surface area contributed by atoms with Crippen LogP contribution in [0.4, 0.5) is 5.69 Å². The molecule has 1 heterocycles. The number of amides is 1. The first-order valence-corrected chi connectivity index (χ1v) is 8.70. The highest BCUT2D eigenvalue weighted by molar-refractivity contribution is 6.30. The van der Waals surface area contributed by atoms with Crippen molar-refractivity contribution >= 4 is 23.2 Å². The van der Waals surface area contributed by atoms with Crippen molar-refractivity contribution in [3.8, 4) is 11.4 Å². The number of anilines is 1. The van der Waals surface area contributed by atoms with Crippen LogP contribution in [0, 0.1) is 0 Å². The Morgan fingerprint density at radius 3 is 2.46 bits per heavy atom. The van der Waals surface area contributed by atoms with Crippen molar-refractivity contribution in [3.63, 3.8) is 0 Å². The van der Waals surface area contributed by atoms with Gasteiger partial charge in [0.1, 0.15) is 5.75 Å². The van der Waals surface area contributed by atoms with E-state index in [9.17, 15) is 4.79 Å². The number of nitrogens with zero attached hydrogens (tertiary/aromatic N) is 3. The van der Waals surface area contributed by atoms with Crippen LogP contribution in [0.2, 0.25) is 5.02 Å². The summed E-state index contributed by atoms with van der Waals surface area (Å²) < 4.78 is 6.94. The third-order valence-corrected chi connectivity index (χ3v) is 4.56. The van der Waals surface area contributed by atoms with E-state index < -0.39 is 0 Å². The molecule has 1 fully saturated rings. The molecule has 0 radical (unpaired) electrons. The molecule has 6 nitrogen and oxygen atoms in total. The number of rotatable bonds is 5. The molecule has 1 N–H and O–H groups in total. The minimum absolute atomic E-state index is 0.269. The fourth-order valence-corrected chi connectivity index (χ4v) is 2.94. The quantitative estimate of drug-likeness (QED) is 0.737. The molecular formula is C19H17ClN4O2. The number of nitrogens with one attached hydrogen (secondary N) is 1. The zero-order valence-corrected chi connectivity index (χ0v) is 14.9. The van der Waals surface area contributed by atoms with Crippen molar-refractivity contribution in [1.29, 1.82) is 0 Å². The number of hydrogen-bond donors (Lipinski definition) is 1. The normalized spacial score (nSPS) is 13.5. The van der Waals surface area contributed by atoms with Gasteiger partial charge in [-0.05, 0) is 61.4 Å². The number of methoxy groups -OCH3 is 1. The molecule has 0 aliphatic heterocycles. The summed E-state index contributed by atoms with van der Waals surface area (Å²) in [6.07, 6.45) is 2.06. The molecule has 7 heteroatoms. The largest absolute Gasteiger partial charge is 0.497 e. The number of carbonyl (C=O) groups excluding carboxylic acids is 1. The Hall–Kier alpha value is -2.86. The van der Waals surface area contributed by atoms with E-state index in [-0.39, 0.29) is 5.91 Å². The fraction of sp³-hybridized carbons (Fsp3) is 0.211. The summed E-state index contributed by atoms with van der Waals surface area (Å²) in [6.45, 7) is 0. The summed E-state index contributed by atoms with van der Waals surface area (Å²) in [4.78, 5) is 12.7. The molecule has 0 unspecified atom stereocenters. The van der Waals surface area contributed by atoms with Crippen LogP contribution in [0.5, 0.6) is 5.75 Å². The minimum Gasteiger partial charge on any atom is -0.497 e. The van der Waals surface area contributed by atoms with Crippen LogP contribution in [0.15, 0.2) is 48.5 Å². The van der Waals surface area contributed by atoms with Crippen molar-refractivity contribution in [1.82, 2.24) is 15.0 Å². The Balaban J connectivity index is 1.65. The van der Waals surface area contributed by atoms with Gasteiger partial charge in [0.05, 0.1) is 18.5 Å². The van der Waals surface area contributed by atoms with Gasteiger partial charge in [0.25, 0.3) is 5.91 Å². The maximum atomic E-state index is 12.7. The van der Waals surface area contributed by atoms with Crippen molar-refractivity contribution in [3.05, 3.63) is 64.9 Å². The van der Waals surface area contributed by atoms with Crippen LogP contribution in [0.25, 0.3) is 5.69 Å². The highest BCUT2D eigenvalue weighted by atomic mass is 35.5. The van der Waals surface area contributed by atoms with Gasteiger partial charge in [-0.15, -0.1) is 5.10 Å². The van der Waals surface area contributed by atoms with Gasteiger partial charge in [-0.25, -0.2) is 4.68 Å². The Morgan fingerprint density at radius 2 is 1.85 bits per heavy atom. The predicted molar refractivity (Wildman–Crippen MR) is 99.3 cm³/mol. The van der Waals surface area contributed by atoms with Crippen LogP contribution < -0.4 is 10.1 Å². The zero-order chi connectivity index (χ0) is 18.1. The second kappa shape index (κ2) is 6.80. The van der Waals surface area contributed by atoms with Gasteiger partial charge < -0.3 is 10.1 Å². The number of carbonyl (C=O) groups is 1. The molecule has 0 bridgehead atoms. The number of halogens is 1. The lowest BCUT2D eigenvalue weighted by Crippen LogP contribution is -2.15. The zero-order valence-electron chi connectivity index (χ0n) is 14.1. The Morgan fingerprint density at radius 1 is 1.15 bits per heavy atom. The molecule has 2 aromatic carbocycles. The van der Waals surface area contributed by atoms with E-state index in [0.29, 0.717) is 22.3 Å². The van der Waals surface area contributed by atoms with Crippen LogP contribution in [0.1, 0.15) is 34.9 Å². The lowest BCUT2D eigenvalue weighted by molar-refractivity contribution is 0.102. The van der Waals surface area contributed by atoms with Crippen molar-refractivity contribution in [2.75, 3.05) is 12.4 Å². The molecular weight excluding hydrogens is 352 g/mol. The molecule has 132 valence electrons. The maximum absolute atomic E-state index is 12.7. The van der Waals surface area contributed by atoms with Crippen molar-refractivity contribution < 1.29 is 9.53 Å². The van der Waals surface area contributed by atoms with Gasteiger partial charge in [0, 0.05) is 16.6 Å². The average Bonchev–Trinajstić information content (AvgIpc) is 3.41. The lowest BCUT2D eigenvalue weighted by Gasteiger charge is -2.08.